The van der Waals surface area contributed by atoms with Gasteiger partial charge in [-0.15, -0.1) is 0 Å². The molecule has 3 rings (SSSR count). The lowest BCUT2D eigenvalue weighted by atomic mass is 9.96. The molecule has 0 saturated carbocycles. The van der Waals surface area contributed by atoms with Crippen LogP contribution in [0.4, 0.5) is 4.79 Å². The predicted octanol–water partition coefficient (Wildman–Crippen LogP) is 0.700. The van der Waals surface area contributed by atoms with Gasteiger partial charge in [-0.05, 0) is 52.6 Å². The number of amides is 2. The van der Waals surface area contributed by atoms with Gasteiger partial charge in [-0.1, -0.05) is 0 Å². The van der Waals surface area contributed by atoms with Crippen molar-refractivity contribution < 1.29 is 19.1 Å². The highest BCUT2D eigenvalue weighted by Gasteiger charge is 2.28. The van der Waals surface area contributed by atoms with Gasteiger partial charge in [0.25, 0.3) is 0 Å². The average Bonchev–Trinajstić information content (AvgIpc) is 2.77. The maximum Gasteiger partial charge on any atom is 0.410 e. The quantitative estimate of drug-likeness (QED) is 0.569. The molecule has 9 heteroatoms. The van der Waals surface area contributed by atoms with Crippen LogP contribution in [0.5, 0.6) is 0 Å². The second-order valence-electron chi connectivity index (χ2n) is 10.2. The first-order valence-corrected chi connectivity index (χ1v) is 12.3. The van der Waals surface area contributed by atoms with E-state index >= 15 is 0 Å². The number of rotatable bonds is 7. The molecule has 0 aromatic carbocycles. The second kappa shape index (κ2) is 12.2. The van der Waals surface area contributed by atoms with Crippen molar-refractivity contribution in [1.29, 1.82) is 0 Å². The van der Waals surface area contributed by atoms with Gasteiger partial charge in [0.05, 0.1) is 6.61 Å². The molecule has 3 heterocycles. The minimum Gasteiger partial charge on any atom is -0.444 e. The van der Waals surface area contributed by atoms with Crippen LogP contribution in [-0.4, -0.2) is 129 Å². The minimum absolute atomic E-state index is 0.108. The monoisotopic (exact) mass is 453 g/mol. The Labute approximate surface area is 193 Å². The molecule has 184 valence electrons. The molecule has 3 aliphatic heterocycles. The minimum atomic E-state index is -0.437. The van der Waals surface area contributed by atoms with Gasteiger partial charge >= 0.3 is 6.09 Å². The normalized spacial score (nSPS) is 22.2. The molecular formula is C23H43N5O4. The number of hydrogen-bond acceptors (Lipinski definition) is 7. The third kappa shape index (κ3) is 8.50. The van der Waals surface area contributed by atoms with E-state index in [2.05, 4.69) is 15.1 Å². The van der Waals surface area contributed by atoms with Crippen LogP contribution in [0.1, 0.15) is 33.6 Å². The Morgan fingerprint density at radius 1 is 0.875 bits per heavy atom. The van der Waals surface area contributed by atoms with E-state index in [1.165, 1.54) is 12.8 Å². The number of piperidine rings is 1. The Balaban J connectivity index is 1.23. The molecule has 0 aliphatic carbocycles. The number of piperazine rings is 2. The van der Waals surface area contributed by atoms with Gasteiger partial charge in [0.1, 0.15) is 12.2 Å². The molecule has 9 nitrogen and oxygen atoms in total. The van der Waals surface area contributed by atoms with Gasteiger partial charge in [0, 0.05) is 65.4 Å². The lowest BCUT2D eigenvalue weighted by molar-refractivity contribution is -0.136. The van der Waals surface area contributed by atoms with E-state index in [4.69, 9.17) is 9.47 Å². The highest BCUT2D eigenvalue weighted by Crippen LogP contribution is 2.19. The first-order valence-electron chi connectivity index (χ1n) is 12.3. The molecule has 3 fully saturated rings. The Morgan fingerprint density at radius 2 is 1.53 bits per heavy atom. The molecule has 0 bridgehead atoms. The number of hydrogen-bond donors (Lipinski definition) is 1. The Kier molecular flexibility index (Phi) is 9.58. The topological polar surface area (TPSA) is 77.6 Å². The van der Waals surface area contributed by atoms with Crippen LogP contribution >= 0.6 is 0 Å². The molecule has 0 spiro atoms. The van der Waals surface area contributed by atoms with Gasteiger partial charge < -0.3 is 29.5 Å². The van der Waals surface area contributed by atoms with Gasteiger partial charge in [-0.25, -0.2) is 4.79 Å². The molecule has 0 aromatic rings. The fourth-order valence-corrected chi connectivity index (χ4v) is 4.56. The zero-order valence-electron chi connectivity index (χ0n) is 20.3. The summed E-state index contributed by atoms with van der Waals surface area (Å²) in [4.78, 5) is 33.0. The Morgan fingerprint density at radius 3 is 2.16 bits per heavy atom. The van der Waals surface area contributed by atoms with Crippen LogP contribution in [0.25, 0.3) is 0 Å². The number of carbonyl (C=O) groups is 2. The number of carbonyl (C=O) groups excluding carboxylic acids is 2. The Hall–Kier alpha value is -1.42. The third-order valence-corrected chi connectivity index (χ3v) is 6.49. The summed E-state index contributed by atoms with van der Waals surface area (Å²) >= 11 is 0. The standard InChI is InChI=1S/C23H43N5O4/c1-23(2,3)32-22(30)28-14-12-26(13-15-28)18-20-4-8-25(9-5-20)16-17-31-19-21(29)27-10-6-24-7-11-27/h20,24H,4-19H2,1-3H3. The lowest BCUT2D eigenvalue weighted by Gasteiger charge is -2.39. The molecule has 3 aliphatic rings. The number of nitrogens with one attached hydrogen (secondary N) is 1. The van der Waals surface area contributed by atoms with Crippen molar-refractivity contribution in [2.24, 2.45) is 5.92 Å². The van der Waals surface area contributed by atoms with E-state index in [0.717, 1.165) is 84.5 Å². The van der Waals surface area contributed by atoms with Crippen molar-refractivity contribution in [3.8, 4) is 0 Å². The fourth-order valence-electron chi connectivity index (χ4n) is 4.56. The molecule has 0 radical (unpaired) electrons. The van der Waals surface area contributed by atoms with Crippen LogP contribution in [0, 0.1) is 5.92 Å². The van der Waals surface area contributed by atoms with Crippen LogP contribution in [-0.2, 0) is 14.3 Å². The van der Waals surface area contributed by atoms with Gasteiger partial charge in [-0.2, -0.15) is 0 Å². The van der Waals surface area contributed by atoms with Crippen molar-refractivity contribution in [3.05, 3.63) is 0 Å². The zero-order chi connectivity index (χ0) is 23.0. The van der Waals surface area contributed by atoms with E-state index in [1.807, 2.05) is 30.6 Å². The number of likely N-dealkylation sites (tertiary alicyclic amines) is 1. The van der Waals surface area contributed by atoms with Crippen LogP contribution in [0.15, 0.2) is 0 Å². The van der Waals surface area contributed by atoms with E-state index < -0.39 is 5.60 Å². The summed E-state index contributed by atoms with van der Waals surface area (Å²) in [5.74, 6) is 0.825. The third-order valence-electron chi connectivity index (χ3n) is 6.49. The van der Waals surface area contributed by atoms with Crippen LogP contribution in [0.2, 0.25) is 0 Å². The zero-order valence-corrected chi connectivity index (χ0v) is 20.3. The second-order valence-corrected chi connectivity index (χ2v) is 10.2. The maximum atomic E-state index is 12.2. The fraction of sp³-hybridized carbons (Fsp3) is 0.913. The summed E-state index contributed by atoms with van der Waals surface area (Å²) in [6, 6.07) is 0. The molecule has 32 heavy (non-hydrogen) atoms. The summed E-state index contributed by atoms with van der Waals surface area (Å²) in [6.07, 6.45) is 2.21. The SMILES string of the molecule is CC(C)(C)OC(=O)N1CCN(CC2CCN(CCOCC(=O)N3CCNCC3)CC2)CC1. The molecule has 1 N–H and O–H groups in total. The maximum absolute atomic E-state index is 12.2. The molecule has 3 saturated heterocycles. The molecular weight excluding hydrogens is 410 g/mol. The highest BCUT2D eigenvalue weighted by atomic mass is 16.6. The van der Waals surface area contributed by atoms with E-state index in [-0.39, 0.29) is 18.6 Å². The summed E-state index contributed by atoms with van der Waals surface area (Å²) in [6.45, 7) is 17.4. The van der Waals surface area contributed by atoms with Gasteiger partial charge in [0.2, 0.25) is 5.91 Å². The summed E-state index contributed by atoms with van der Waals surface area (Å²) in [5, 5.41) is 3.26. The number of ether oxygens (including phenoxy) is 2. The molecule has 0 unspecified atom stereocenters. The molecule has 0 atom stereocenters. The highest BCUT2D eigenvalue weighted by molar-refractivity contribution is 5.77. The molecule has 0 aromatic heterocycles. The van der Waals surface area contributed by atoms with Crippen molar-refractivity contribution in [2.75, 3.05) is 91.8 Å². The summed E-state index contributed by atoms with van der Waals surface area (Å²) in [7, 11) is 0. The van der Waals surface area contributed by atoms with Crippen molar-refractivity contribution in [3.63, 3.8) is 0 Å². The molecule has 2 amide bonds. The average molecular weight is 454 g/mol. The first kappa shape index (κ1) is 25.2. The van der Waals surface area contributed by atoms with Crippen molar-refractivity contribution in [1.82, 2.24) is 24.9 Å². The van der Waals surface area contributed by atoms with E-state index in [9.17, 15) is 9.59 Å². The summed E-state index contributed by atoms with van der Waals surface area (Å²) in [5.41, 5.74) is -0.437. The Bertz CT molecular complexity index is 590. The van der Waals surface area contributed by atoms with E-state index in [1.54, 1.807) is 0 Å². The van der Waals surface area contributed by atoms with Crippen molar-refractivity contribution in [2.45, 2.75) is 39.2 Å². The van der Waals surface area contributed by atoms with Crippen molar-refractivity contribution >= 4 is 12.0 Å². The summed E-state index contributed by atoms with van der Waals surface area (Å²) < 4.78 is 11.1. The van der Waals surface area contributed by atoms with Gasteiger partial charge in [-0.3, -0.25) is 9.69 Å². The predicted molar refractivity (Wildman–Crippen MR) is 124 cm³/mol. The van der Waals surface area contributed by atoms with Gasteiger partial charge in [0.15, 0.2) is 0 Å². The largest absolute Gasteiger partial charge is 0.444 e. The first-order chi connectivity index (χ1) is 15.3. The smallest absolute Gasteiger partial charge is 0.410 e. The lowest BCUT2D eigenvalue weighted by Crippen LogP contribution is -2.51. The van der Waals surface area contributed by atoms with Crippen LogP contribution in [0.3, 0.4) is 0 Å². The van der Waals surface area contributed by atoms with Crippen LogP contribution < -0.4 is 5.32 Å². The number of nitrogens with zero attached hydrogens (tertiary/aromatic N) is 4. The van der Waals surface area contributed by atoms with E-state index in [0.29, 0.717) is 6.61 Å².